The van der Waals surface area contributed by atoms with Gasteiger partial charge < -0.3 is 16.4 Å². The second-order valence-corrected chi connectivity index (χ2v) is 7.23. The number of hydrogen-bond acceptors (Lipinski definition) is 4. The van der Waals surface area contributed by atoms with Crippen molar-refractivity contribution >= 4 is 47.4 Å². The summed E-state index contributed by atoms with van der Waals surface area (Å²) in [6.45, 7) is 1.25. The fourth-order valence-electron chi connectivity index (χ4n) is 3.03. The lowest BCUT2D eigenvalue weighted by Crippen LogP contribution is -2.37. The molecule has 0 radical (unpaired) electrons. The molecule has 0 atom stereocenters. The normalized spacial score (nSPS) is 10.9. The number of anilines is 1. The molecule has 1 aromatic heterocycles. The van der Waals surface area contributed by atoms with Crippen LogP contribution in [-0.2, 0) is 13.0 Å². The number of nitriles is 1. The third kappa shape index (κ3) is 6.58. The molecule has 168 valence electrons. The molecule has 0 saturated carbocycles. The number of nitrogen functional groups attached to an aromatic ring is 1. The fourth-order valence-corrected chi connectivity index (χ4v) is 3.15. The number of guanidine groups is 1. The zero-order valence-electron chi connectivity index (χ0n) is 17.5. The number of rotatable bonds is 7. The minimum atomic E-state index is -0.348. The Bertz CT molecular complexity index is 1090. The summed E-state index contributed by atoms with van der Waals surface area (Å²) in [6.07, 6.45) is 1.28. The van der Waals surface area contributed by atoms with Crippen molar-refractivity contribution in [1.82, 2.24) is 20.4 Å². The van der Waals surface area contributed by atoms with Crippen LogP contribution in [0.15, 0.2) is 53.5 Å². The summed E-state index contributed by atoms with van der Waals surface area (Å²) < 4.78 is 14.6. The number of nitrogens with zero attached hydrogens (tertiary/aromatic N) is 4. The van der Waals surface area contributed by atoms with E-state index < -0.39 is 0 Å². The van der Waals surface area contributed by atoms with Gasteiger partial charge in [-0.3, -0.25) is 4.99 Å². The third-order valence-electron chi connectivity index (χ3n) is 4.66. The van der Waals surface area contributed by atoms with E-state index in [4.69, 9.17) is 17.3 Å². The predicted octanol–water partition coefficient (Wildman–Crippen LogP) is 4.03. The number of aromatic nitrogens is 2. The summed E-state index contributed by atoms with van der Waals surface area (Å²) in [5.74, 6) is 0.573. The van der Waals surface area contributed by atoms with Crippen LogP contribution in [0.5, 0.6) is 0 Å². The van der Waals surface area contributed by atoms with E-state index in [9.17, 15) is 9.65 Å². The van der Waals surface area contributed by atoms with E-state index in [-0.39, 0.29) is 35.6 Å². The first-order valence-electron chi connectivity index (χ1n) is 9.74. The Kier molecular flexibility index (Phi) is 9.74. The molecule has 7 nitrogen and oxygen atoms in total. The van der Waals surface area contributed by atoms with Crippen molar-refractivity contribution in [3.05, 3.63) is 76.2 Å². The van der Waals surface area contributed by atoms with Gasteiger partial charge in [0, 0.05) is 25.2 Å². The molecule has 0 fully saturated rings. The molecule has 3 aromatic rings. The molecule has 0 aliphatic carbocycles. The van der Waals surface area contributed by atoms with Crippen molar-refractivity contribution in [3.8, 4) is 11.8 Å². The maximum atomic E-state index is 13.2. The van der Waals surface area contributed by atoms with Crippen molar-refractivity contribution in [1.29, 1.82) is 5.26 Å². The highest BCUT2D eigenvalue weighted by molar-refractivity contribution is 14.0. The molecule has 0 amide bonds. The summed E-state index contributed by atoms with van der Waals surface area (Å²) in [5, 5.41) is 21.1. The number of aliphatic imine (C=N–C) groups is 1. The molecule has 0 aliphatic rings. The first kappa shape index (κ1) is 25.4. The monoisotopic (exact) mass is 567 g/mol. The van der Waals surface area contributed by atoms with E-state index in [2.05, 4.69) is 26.8 Å². The lowest BCUT2D eigenvalue weighted by molar-refractivity contribution is 0.627. The van der Waals surface area contributed by atoms with E-state index in [0.717, 1.165) is 12.0 Å². The molecule has 1 heterocycles. The van der Waals surface area contributed by atoms with Crippen molar-refractivity contribution in [3.63, 3.8) is 0 Å². The summed E-state index contributed by atoms with van der Waals surface area (Å²) in [4.78, 5) is 4.21. The predicted molar refractivity (Wildman–Crippen MR) is 136 cm³/mol. The zero-order chi connectivity index (χ0) is 22.2. The van der Waals surface area contributed by atoms with Crippen LogP contribution >= 0.6 is 35.6 Å². The molecule has 2 aromatic carbocycles. The summed E-state index contributed by atoms with van der Waals surface area (Å²) in [5.41, 5.74) is 8.74. The minimum absolute atomic E-state index is 0. The Labute approximate surface area is 208 Å². The van der Waals surface area contributed by atoms with Gasteiger partial charge in [0.2, 0.25) is 0 Å². The molecule has 0 aliphatic heterocycles. The molecule has 0 unspecified atom stereocenters. The summed E-state index contributed by atoms with van der Waals surface area (Å²) >= 11 is 5.90. The molecule has 10 heteroatoms. The molecule has 32 heavy (non-hydrogen) atoms. The van der Waals surface area contributed by atoms with Crippen LogP contribution in [0.3, 0.4) is 0 Å². The van der Waals surface area contributed by atoms with Crippen LogP contribution in [0.4, 0.5) is 10.2 Å². The van der Waals surface area contributed by atoms with Crippen LogP contribution in [-0.4, -0.2) is 29.3 Å². The lowest BCUT2D eigenvalue weighted by Gasteiger charge is -2.11. The zero-order valence-corrected chi connectivity index (χ0v) is 20.6. The Balaban J connectivity index is 0.00000363. The molecule has 4 N–H and O–H groups in total. The summed E-state index contributed by atoms with van der Waals surface area (Å²) in [7, 11) is 1.70. The maximum absolute atomic E-state index is 13.2. The van der Waals surface area contributed by atoms with Crippen LogP contribution in [0, 0.1) is 17.1 Å². The van der Waals surface area contributed by atoms with E-state index >= 15 is 0 Å². The van der Waals surface area contributed by atoms with Crippen LogP contribution in [0.25, 0.3) is 5.69 Å². The average Bonchev–Trinajstić information content (AvgIpc) is 3.10. The van der Waals surface area contributed by atoms with E-state index in [1.54, 1.807) is 19.2 Å². The molecule has 0 saturated heterocycles. The van der Waals surface area contributed by atoms with E-state index in [0.29, 0.717) is 47.4 Å². The number of halogens is 3. The smallest absolute Gasteiger partial charge is 0.191 e. The Morgan fingerprint density at radius 2 is 1.88 bits per heavy atom. The number of nitrogens with two attached hydrogens (primary N) is 1. The van der Waals surface area contributed by atoms with Crippen LogP contribution < -0.4 is 16.4 Å². The Hall–Kier alpha value is -2.84. The maximum Gasteiger partial charge on any atom is 0.191 e. The van der Waals surface area contributed by atoms with Crippen molar-refractivity contribution < 1.29 is 4.39 Å². The van der Waals surface area contributed by atoms with Gasteiger partial charge in [0.1, 0.15) is 23.3 Å². The third-order valence-corrected chi connectivity index (χ3v) is 4.91. The Morgan fingerprint density at radius 3 is 2.50 bits per heavy atom. The number of aryl methyl sites for hydroxylation is 1. The van der Waals surface area contributed by atoms with Crippen molar-refractivity contribution in [2.24, 2.45) is 4.99 Å². The molecule has 3 rings (SSSR count). The second-order valence-electron chi connectivity index (χ2n) is 6.79. The summed E-state index contributed by atoms with van der Waals surface area (Å²) in [6, 6.07) is 15.5. The van der Waals surface area contributed by atoms with Gasteiger partial charge >= 0.3 is 0 Å². The van der Waals surface area contributed by atoms with Gasteiger partial charge in [-0.05, 0) is 54.8 Å². The van der Waals surface area contributed by atoms with Crippen LogP contribution in [0.1, 0.15) is 23.2 Å². The van der Waals surface area contributed by atoms with Crippen molar-refractivity contribution in [2.45, 2.75) is 19.4 Å². The highest BCUT2D eigenvalue weighted by Gasteiger charge is 2.16. The van der Waals surface area contributed by atoms with Gasteiger partial charge in [-0.1, -0.05) is 23.7 Å². The second kappa shape index (κ2) is 12.3. The topological polar surface area (TPSA) is 104 Å². The van der Waals surface area contributed by atoms with Gasteiger partial charge in [-0.25, -0.2) is 9.07 Å². The van der Waals surface area contributed by atoms with Gasteiger partial charge in [0.15, 0.2) is 5.96 Å². The van der Waals surface area contributed by atoms with Crippen LogP contribution in [0.2, 0.25) is 5.02 Å². The highest BCUT2D eigenvalue weighted by Crippen LogP contribution is 2.21. The lowest BCUT2D eigenvalue weighted by atomic mass is 10.1. The van der Waals surface area contributed by atoms with Gasteiger partial charge in [0.05, 0.1) is 11.4 Å². The van der Waals surface area contributed by atoms with Gasteiger partial charge in [-0.2, -0.15) is 10.4 Å². The standard InChI is InChI=1S/C22H23ClFN7.HI/c1-27-22(29-14-15-4-6-16(23)7-5-15)28-12-2-3-20-19(13-25)21(26)31(30-20)18-10-8-17(24)9-11-18;/h4-11H,2-3,12,14,26H2,1H3,(H2,27,28,29);1H. The van der Waals surface area contributed by atoms with E-state index in [1.807, 2.05) is 24.3 Å². The number of hydrogen-bond donors (Lipinski definition) is 3. The molecular weight excluding hydrogens is 544 g/mol. The quantitative estimate of drug-likeness (QED) is 0.173. The molecule has 0 bridgehead atoms. The fraction of sp³-hybridized carbons (Fsp3) is 0.227. The number of benzene rings is 2. The first-order valence-corrected chi connectivity index (χ1v) is 10.1. The number of nitrogens with one attached hydrogen (secondary N) is 2. The molecule has 0 spiro atoms. The molecular formula is C22H24ClFIN7. The van der Waals surface area contributed by atoms with Gasteiger partial charge in [-0.15, -0.1) is 24.0 Å². The SMILES string of the molecule is CN=C(NCCCc1nn(-c2ccc(F)cc2)c(N)c1C#N)NCc1ccc(Cl)cc1.I. The van der Waals surface area contributed by atoms with E-state index in [1.165, 1.54) is 16.8 Å². The van der Waals surface area contributed by atoms with Crippen molar-refractivity contribution in [2.75, 3.05) is 19.3 Å². The van der Waals surface area contributed by atoms with Gasteiger partial charge in [0.25, 0.3) is 0 Å². The highest BCUT2D eigenvalue weighted by atomic mass is 127. The Morgan fingerprint density at radius 1 is 1.19 bits per heavy atom. The first-order chi connectivity index (χ1) is 15.0. The minimum Gasteiger partial charge on any atom is -0.382 e. The largest absolute Gasteiger partial charge is 0.382 e. The average molecular weight is 568 g/mol.